The summed E-state index contributed by atoms with van der Waals surface area (Å²) >= 11 is 1.53. The maximum Gasteiger partial charge on any atom is 0.251 e. The summed E-state index contributed by atoms with van der Waals surface area (Å²) in [5, 5.41) is 14.5. The maximum absolute atomic E-state index is 12.2. The van der Waals surface area contributed by atoms with Crippen LogP contribution in [0.5, 0.6) is 0 Å². The summed E-state index contributed by atoms with van der Waals surface area (Å²) in [7, 11) is 0. The number of hydrogen-bond donors (Lipinski definition) is 2. The Morgan fingerprint density at radius 2 is 2.24 bits per heavy atom. The van der Waals surface area contributed by atoms with Crippen molar-refractivity contribution in [3.63, 3.8) is 0 Å². The minimum Gasteiger partial charge on any atom is -0.384 e. The van der Waals surface area contributed by atoms with Gasteiger partial charge in [0.05, 0.1) is 6.54 Å². The molecule has 0 aliphatic heterocycles. The lowest BCUT2D eigenvalue weighted by atomic mass is 10.0. The lowest BCUT2D eigenvalue weighted by molar-refractivity contribution is 0.0950. The summed E-state index contributed by atoms with van der Waals surface area (Å²) in [6, 6.07) is 5.39. The van der Waals surface area contributed by atoms with Crippen LogP contribution >= 0.6 is 11.3 Å². The summed E-state index contributed by atoms with van der Waals surface area (Å²) in [6.07, 6.45) is 0. The van der Waals surface area contributed by atoms with Crippen LogP contribution < -0.4 is 5.32 Å². The first kappa shape index (κ1) is 15.2. The number of benzene rings is 1. The molecule has 21 heavy (non-hydrogen) atoms. The Bertz CT molecular complexity index is 711. The number of thiazole rings is 1. The quantitative estimate of drug-likeness (QED) is 0.853. The molecule has 108 valence electrons. The minimum absolute atomic E-state index is 0.145. The van der Waals surface area contributed by atoms with Crippen molar-refractivity contribution in [3.8, 4) is 11.8 Å². The molecule has 0 saturated carbocycles. The Hall–Kier alpha value is -2.16. The highest BCUT2D eigenvalue weighted by atomic mass is 32.1. The minimum atomic E-state index is -0.195. The maximum atomic E-state index is 12.2. The van der Waals surface area contributed by atoms with Crippen molar-refractivity contribution in [3.05, 3.63) is 51.0 Å². The number of amides is 1. The molecule has 0 aliphatic carbocycles. The number of aliphatic hydroxyl groups excluding tert-OH is 1. The van der Waals surface area contributed by atoms with E-state index in [2.05, 4.69) is 22.1 Å². The molecular formula is C16H16N2O2S. The molecule has 1 aromatic heterocycles. The standard InChI is InChI=1S/C16H16N2O2S/c1-11-10-21-15(18-11)9-17-16(20)14-7-3-5-13(12(14)2)6-4-8-19/h3,5,7,10,19H,8-9H2,1-2H3,(H,17,20). The molecule has 2 rings (SSSR count). The van der Waals surface area contributed by atoms with Crippen molar-refractivity contribution in [2.24, 2.45) is 0 Å². The van der Waals surface area contributed by atoms with Crippen LogP contribution in [-0.4, -0.2) is 22.6 Å². The van der Waals surface area contributed by atoms with Gasteiger partial charge in [-0.15, -0.1) is 11.3 Å². The Kier molecular flexibility index (Phi) is 5.09. The van der Waals surface area contributed by atoms with Gasteiger partial charge in [0.1, 0.15) is 11.6 Å². The van der Waals surface area contributed by atoms with E-state index in [1.807, 2.05) is 25.3 Å². The molecule has 0 radical (unpaired) electrons. The molecule has 0 saturated heterocycles. The topological polar surface area (TPSA) is 62.2 Å². The van der Waals surface area contributed by atoms with E-state index in [1.165, 1.54) is 11.3 Å². The fourth-order valence-corrected chi connectivity index (χ4v) is 2.60. The number of carbonyl (C=O) groups excluding carboxylic acids is 1. The van der Waals surface area contributed by atoms with Gasteiger partial charge < -0.3 is 10.4 Å². The van der Waals surface area contributed by atoms with Gasteiger partial charge in [0.25, 0.3) is 5.91 Å². The van der Waals surface area contributed by atoms with Gasteiger partial charge in [-0.2, -0.15) is 0 Å². The number of carbonyl (C=O) groups is 1. The summed E-state index contributed by atoms with van der Waals surface area (Å²) in [6.45, 7) is 4.00. The lowest BCUT2D eigenvalue weighted by Crippen LogP contribution is -2.23. The van der Waals surface area contributed by atoms with Gasteiger partial charge >= 0.3 is 0 Å². The molecule has 1 heterocycles. The highest BCUT2D eigenvalue weighted by Gasteiger charge is 2.11. The highest BCUT2D eigenvalue weighted by Crippen LogP contribution is 2.14. The summed E-state index contributed by atoms with van der Waals surface area (Å²) in [5.74, 6) is 5.30. The van der Waals surface area contributed by atoms with Crippen LogP contribution in [-0.2, 0) is 6.54 Å². The Balaban J connectivity index is 2.12. The van der Waals surface area contributed by atoms with E-state index in [9.17, 15) is 4.79 Å². The fourth-order valence-electron chi connectivity index (χ4n) is 1.89. The normalized spacial score (nSPS) is 9.86. The Morgan fingerprint density at radius 1 is 1.43 bits per heavy atom. The van der Waals surface area contributed by atoms with Gasteiger partial charge in [0.2, 0.25) is 0 Å². The fraction of sp³-hybridized carbons (Fsp3) is 0.250. The third-order valence-corrected chi connectivity index (χ3v) is 3.91. The molecule has 2 N–H and O–H groups in total. The predicted molar refractivity (Wildman–Crippen MR) is 83.2 cm³/mol. The molecule has 1 amide bonds. The smallest absolute Gasteiger partial charge is 0.251 e. The average molecular weight is 300 g/mol. The van der Waals surface area contributed by atoms with Crippen LogP contribution in [0.4, 0.5) is 0 Å². The van der Waals surface area contributed by atoms with Crippen molar-refractivity contribution < 1.29 is 9.90 Å². The zero-order chi connectivity index (χ0) is 15.2. The Morgan fingerprint density at radius 3 is 2.90 bits per heavy atom. The Labute approximate surface area is 127 Å². The zero-order valence-corrected chi connectivity index (χ0v) is 12.8. The van der Waals surface area contributed by atoms with Gasteiger partial charge in [0.15, 0.2) is 0 Å². The number of aryl methyl sites for hydroxylation is 1. The van der Waals surface area contributed by atoms with Gasteiger partial charge in [-0.1, -0.05) is 17.9 Å². The molecule has 5 heteroatoms. The number of rotatable bonds is 3. The molecule has 0 aliphatic rings. The third-order valence-electron chi connectivity index (χ3n) is 2.95. The first-order valence-electron chi connectivity index (χ1n) is 6.50. The van der Waals surface area contributed by atoms with Gasteiger partial charge in [-0.05, 0) is 31.5 Å². The molecule has 0 fully saturated rings. The summed E-state index contributed by atoms with van der Waals surface area (Å²) in [4.78, 5) is 16.6. The zero-order valence-electron chi connectivity index (χ0n) is 11.9. The largest absolute Gasteiger partial charge is 0.384 e. The molecule has 0 bridgehead atoms. The molecular weight excluding hydrogens is 284 g/mol. The molecule has 0 spiro atoms. The van der Waals surface area contributed by atoms with E-state index < -0.39 is 0 Å². The second kappa shape index (κ2) is 7.02. The number of nitrogens with zero attached hydrogens (tertiary/aromatic N) is 1. The van der Waals surface area contributed by atoms with E-state index in [0.717, 1.165) is 21.8 Å². The van der Waals surface area contributed by atoms with Crippen molar-refractivity contribution in [1.82, 2.24) is 10.3 Å². The second-order valence-electron chi connectivity index (χ2n) is 4.50. The molecule has 4 nitrogen and oxygen atoms in total. The monoisotopic (exact) mass is 300 g/mol. The molecule has 0 unspecified atom stereocenters. The summed E-state index contributed by atoms with van der Waals surface area (Å²) in [5.41, 5.74) is 3.11. The number of aromatic nitrogens is 1. The van der Waals surface area contributed by atoms with Crippen LogP contribution in [0, 0.1) is 25.7 Å². The van der Waals surface area contributed by atoms with Crippen LogP contribution in [0.1, 0.15) is 32.2 Å². The van der Waals surface area contributed by atoms with Gasteiger partial charge in [-0.25, -0.2) is 4.98 Å². The van der Waals surface area contributed by atoms with E-state index >= 15 is 0 Å². The van der Waals surface area contributed by atoms with Crippen LogP contribution in [0.25, 0.3) is 0 Å². The molecule has 1 aromatic carbocycles. The van der Waals surface area contributed by atoms with Crippen LogP contribution in [0.2, 0.25) is 0 Å². The SMILES string of the molecule is Cc1csc(CNC(=O)c2cccc(C#CCO)c2C)n1. The van der Waals surface area contributed by atoms with Gasteiger partial charge in [0, 0.05) is 22.2 Å². The van der Waals surface area contributed by atoms with E-state index in [1.54, 1.807) is 12.1 Å². The number of nitrogens with one attached hydrogen (secondary N) is 1. The van der Waals surface area contributed by atoms with Crippen molar-refractivity contribution in [2.45, 2.75) is 20.4 Å². The van der Waals surface area contributed by atoms with Crippen molar-refractivity contribution >= 4 is 17.2 Å². The van der Waals surface area contributed by atoms with Crippen molar-refractivity contribution in [1.29, 1.82) is 0 Å². The van der Waals surface area contributed by atoms with Crippen LogP contribution in [0.3, 0.4) is 0 Å². The van der Waals surface area contributed by atoms with Gasteiger partial charge in [-0.3, -0.25) is 4.79 Å². The number of aliphatic hydroxyl groups is 1. The highest BCUT2D eigenvalue weighted by molar-refractivity contribution is 7.09. The first-order valence-corrected chi connectivity index (χ1v) is 7.38. The average Bonchev–Trinajstić information content (AvgIpc) is 2.89. The lowest BCUT2D eigenvalue weighted by Gasteiger charge is -2.08. The van der Waals surface area contributed by atoms with E-state index in [4.69, 9.17) is 5.11 Å². The van der Waals surface area contributed by atoms with E-state index in [0.29, 0.717) is 12.1 Å². The first-order chi connectivity index (χ1) is 10.1. The summed E-state index contributed by atoms with van der Waals surface area (Å²) < 4.78 is 0. The molecule has 2 aromatic rings. The van der Waals surface area contributed by atoms with E-state index in [-0.39, 0.29) is 12.5 Å². The molecule has 0 atom stereocenters. The van der Waals surface area contributed by atoms with Crippen LogP contribution in [0.15, 0.2) is 23.6 Å². The third kappa shape index (κ3) is 3.91. The number of hydrogen-bond acceptors (Lipinski definition) is 4. The second-order valence-corrected chi connectivity index (χ2v) is 5.45. The predicted octanol–water partition coefficient (Wildman–Crippen LogP) is 2.03. The van der Waals surface area contributed by atoms with Crippen molar-refractivity contribution in [2.75, 3.05) is 6.61 Å².